The molecule has 13 heavy (non-hydrogen) atoms. The van der Waals surface area contributed by atoms with E-state index >= 15 is 0 Å². The fourth-order valence-corrected chi connectivity index (χ4v) is 11.6. The van der Waals surface area contributed by atoms with Gasteiger partial charge < -0.3 is 9.41 Å². The van der Waals surface area contributed by atoms with Crippen LogP contribution in [-0.4, -0.2) is 30.2 Å². The number of nitrogens with one attached hydrogen (secondary N) is 1. The summed E-state index contributed by atoms with van der Waals surface area (Å²) in [6, 6.07) is 1.41. The van der Waals surface area contributed by atoms with E-state index in [1.165, 1.54) is 19.0 Å². The van der Waals surface area contributed by atoms with E-state index in [1.807, 2.05) is 0 Å². The van der Waals surface area contributed by atoms with Crippen LogP contribution < -0.4 is 4.98 Å². The standard InChI is InChI=1S/C9H23NOSi2/c1-5-6-10-13(4)8-9(2,3)7-11-12-13/h10H,5-8,12H2,1-4H3. The molecule has 0 radical (unpaired) electrons. The highest BCUT2D eigenvalue weighted by molar-refractivity contribution is 7.21. The van der Waals surface area contributed by atoms with Crippen LogP contribution in [0, 0.1) is 5.41 Å². The molecule has 0 amide bonds. The molecule has 1 fully saturated rings. The summed E-state index contributed by atoms with van der Waals surface area (Å²) in [6.45, 7) is 11.6. The van der Waals surface area contributed by atoms with Crippen LogP contribution in [0.2, 0.25) is 12.6 Å². The molecule has 78 valence electrons. The number of hydrogen-bond donors (Lipinski definition) is 1. The molecule has 1 saturated heterocycles. The predicted molar refractivity (Wildman–Crippen MR) is 63.0 cm³/mol. The normalized spacial score (nSPS) is 35.1. The van der Waals surface area contributed by atoms with Crippen LogP contribution in [-0.2, 0) is 4.43 Å². The molecule has 0 aromatic rings. The van der Waals surface area contributed by atoms with Gasteiger partial charge in [-0.2, -0.15) is 0 Å². The van der Waals surface area contributed by atoms with E-state index in [0.29, 0.717) is 5.41 Å². The van der Waals surface area contributed by atoms with Crippen LogP contribution in [0.4, 0.5) is 0 Å². The van der Waals surface area contributed by atoms with E-state index in [4.69, 9.17) is 4.43 Å². The first-order valence-electron chi connectivity index (χ1n) is 5.30. The third-order valence-electron chi connectivity index (χ3n) is 2.58. The van der Waals surface area contributed by atoms with Gasteiger partial charge in [-0.25, -0.2) is 0 Å². The predicted octanol–water partition coefficient (Wildman–Crippen LogP) is 1.20. The Morgan fingerprint density at radius 1 is 1.54 bits per heavy atom. The van der Waals surface area contributed by atoms with Crippen LogP contribution in [0.5, 0.6) is 0 Å². The average Bonchev–Trinajstić information content (AvgIpc) is 1.98. The highest BCUT2D eigenvalue weighted by Crippen LogP contribution is 2.30. The maximum atomic E-state index is 5.84. The first-order valence-corrected chi connectivity index (χ1v) is 10.9. The second kappa shape index (κ2) is 4.25. The zero-order valence-electron chi connectivity index (χ0n) is 9.44. The van der Waals surface area contributed by atoms with Crippen molar-refractivity contribution in [3.8, 4) is 0 Å². The van der Waals surface area contributed by atoms with Gasteiger partial charge in [0, 0.05) is 6.61 Å². The maximum Gasteiger partial charge on any atom is 0.168 e. The molecule has 0 aromatic heterocycles. The lowest BCUT2D eigenvalue weighted by atomic mass is 9.98. The summed E-state index contributed by atoms with van der Waals surface area (Å²) >= 11 is 0. The fraction of sp³-hybridized carbons (Fsp3) is 1.00. The van der Waals surface area contributed by atoms with Gasteiger partial charge in [0.25, 0.3) is 0 Å². The molecule has 1 rings (SSSR count). The first kappa shape index (κ1) is 11.4. The molecule has 4 heteroatoms. The monoisotopic (exact) mass is 217 g/mol. The minimum atomic E-state index is -1.13. The summed E-state index contributed by atoms with van der Waals surface area (Å²) in [5, 5.41) is 0. The van der Waals surface area contributed by atoms with Gasteiger partial charge in [-0.15, -0.1) is 0 Å². The van der Waals surface area contributed by atoms with Crippen LogP contribution >= 0.6 is 0 Å². The van der Waals surface area contributed by atoms with Crippen LogP contribution in [0.15, 0.2) is 0 Å². The Labute approximate surface area is 85.3 Å². The zero-order valence-corrected chi connectivity index (χ0v) is 11.9. The van der Waals surface area contributed by atoms with E-state index in [2.05, 4.69) is 32.3 Å². The third kappa shape index (κ3) is 3.54. The Kier molecular flexibility index (Phi) is 3.74. The molecule has 1 heterocycles. The van der Waals surface area contributed by atoms with Crippen molar-refractivity contribution >= 4 is 17.0 Å². The van der Waals surface area contributed by atoms with Crippen molar-refractivity contribution in [1.82, 2.24) is 4.98 Å². The van der Waals surface area contributed by atoms with E-state index in [0.717, 1.165) is 6.61 Å². The van der Waals surface area contributed by atoms with Gasteiger partial charge >= 0.3 is 0 Å². The summed E-state index contributed by atoms with van der Waals surface area (Å²) < 4.78 is 5.84. The third-order valence-corrected chi connectivity index (χ3v) is 10.5. The Bertz CT molecular complexity index is 175. The van der Waals surface area contributed by atoms with Crippen molar-refractivity contribution in [2.45, 2.75) is 39.8 Å². The Hall–Kier alpha value is 0.354. The highest BCUT2D eigenvalue weighted by atomic mass is 29.2. The van der Waals surface area contributed by atoms with Crippen molar-refractivity contribution in [2.75, 3.05) is 13.2 Å². The first-order chi connectivity index (χ1) is 5.97. The van der Waals surface area contributed by atoms with Crippen molar-refractivity contribution in [3.63, 3.8) is 0 Å². The zero-order chi connectivity index (χ0) is 9.95. The summed E-state index contributed by atoms with van der Waals surface area (Å²) in [6.07, 6.45) is 1.25. The van der Waals surface area contributed by atoms with E-state index in [1.54, 1.807) is 0 Å². The maximum absolute atomic E-state index is 5.84. The topological polar surface area (TPSA) is 21.3 Å². The largest absolute Gasteiger partial charge is 0.425 e. The second-order valence-corrected chi connectivity index (χ2v) is 15.4. The molecule has 1 aliphatic heterocycles. The van der Waals surface area contributed by atoms with E-state index in [9.17, 15) is 0 Å². The number of hydrogen-bond acceptors (Lipinski definition) is 2. The van der Waals surface area contributed by atoms with Crippen molar-refractivity contribution in [2.24, 2.45) is 5.41 Å². The quantitative estimate of drug-likeness (QED) is 0.717. The summed E-state index contributed by atoms with van der Waals surface area (Å²) in [4.78, 5) is 3.78. The SMILES string of the molecule is CCCN[Si]1(C)CC(C)(C)CO[SiH2]1. The van der Waals surface area contributed by atoms with E-state index < -0.39 is 7.75 Å². The molecular formula is C9H23NOSi2. The highest BCUT2D eigenvalue weighted by Gasteiger charge is 2.39. The number of rotatable bonds is 3. The molecule has 1 unspecified atom stereocenters. The molecule has 1 atom stereocenters. The lowest BCUT2D eigenvalue weighted by Crippen LogP contribution is -2.60. The second-order valence-electron chi connectivity index (χ2n) is 5.32. The van der Waals surface area contributed by atoms with Gasteiger partial charge in [0.05, 0.1) is 0 Å². The lowest BCUT2D eigenvalue weighted by Gasteiger charge is -2.41. The van der Waals surface area contributed by atoms with Gasteiger partial charge in [-0.3, -0.25) is 0 Å². The van der Waals surface area contributed by atoms with Gasteiger partial charge in [0.1, 0.15) is 7.75 Å². The Balaban J connectivity index is 2.47. The molecular weight excluding hydrogens is 194 g/mol. The average molecular weight is 217 g/mol. The summed E-state index contributed by atoms with van der Waals surface area (Å²) in [7, 11) is -1.36. The van der Waals surface area contributed by atoms with Crippen molar-refractivity contribution in [1.29, 1.82) is 0 Å². The van der Waals surface area contributed by atoms with Gasteiger partial charge in [-0.1, -0.05) is 27.3 Å². The van der Waals surface area contributed by atoms with Gasteiger partial charge in [0.15, 0.2) is 9.28 Å². The molecule has 1 aliphatic rings. The van der Waals surface area contributed by atoms with Crippen molar-refractivity contribution in [3.05, 3.63) is 0 Å². The minimum Gasteiger partial charge on any atom is -0.425 e. The van der Waals surface area contributed by atoms with Crippen LogP contribution in [0.25, 0.3) is 0 Å². The minimum absolute atomic E-state index is 0.235. The Morgan fingerprint density at radius 3 is 2.77 bits per heavy atom. The van der Waals surface area contributed by atoms with Crippen LogP contribution in [0.3, 0.4) is 0 Å². The molecule has 0 aliphatic carbocycles. The molecule has 0 bridgehead atoms. The molecule has 0 aromatic carbocycles. The van der Waals surface area contributed by atoms with Gasteiger partial charge in [-0.05, 0) is 24.4 Å². The molecule has 0 spiro atoms. The summed E-state index contributed by atoms with van der Waals surface area (Å²) in [5.74, 6) is 0. The molecule has 1 N–H and O–H groups in total. The Morgan fingerprint density at radius 2 is 2.23 bits per heavy atom. The molecule has 0 saturated carbocycles. The van der Waals surface area contributed by atoms with Crippen molar-refractivity contribution < 1.29 is 4.43 Å². The van der Waals surface area contributed by atoms with Gasteiger partial charge in [0.2, 0.25) is 0 Å². The fourth-order valence-electron chi connectivity index (χ4n) is 2.25. The smallest absolute Gasteiger partial charge is 0.168 e. The summed E-state index contributed by atoms with van der Waals surface area (Å²) in [5.41, 5.74) is 0.424. The van der Waals surface area contributed by atoms with E-state index in [-0.39, 0.29) is 9.28 Å². The lowest BCUT2D eigenvalue weighted by molar-refractivity contribution is 0.196. The molecule has 2 nitrogen and oxygen atoms in total. The van der Waals surface area contributed by atoms with Crippen LogP contribution in [0.1, 0.15) is 27.2 Å².